The zero-order valence-electron chi connectivity index (χ0n) is 13.9. The molecule has 2 aromatic rings. The number of hydrogen-bond donors (Lipinski definition) is 2. The standard InChI is InChI=1S/C21H19NO3/c1-15-11-12-19-18(13-15)21(25,20(24)22-19)14-17(23)10-6-5-9-16-7-3-2-4-8-16/h2-13,25H,14H2,1H3,(H,22,24)/b9-5+,10-6+. The molecule has 2 aromatic carbocycles. The molecule has 0 spiro atoms. The highest BCUT2D eigenvalue weighted by atomic mass is 16.3. The quantitative estimate of drug-likeness (QED) is 0.651. The highest BCUT2D eigenvalue weighted by molar-refractivity contribution is 6.08. The van der Waals surface area contributed by atoms with Crippen LogP contribution in [0, 0.1) is 6.92 Å². The van der Waals surface area contributed by atoms with Crippen LogP contribution in [0.25, 0.3) is 6.08 Å². The maximum atomic E-state index is 12.2. The van der Waals surface area contributed by atoms with Gasteiger partial charge in [0.15, 0.2) is 11.4 Å². The lowest BCUT2D eigenvalue weighted by atomic mass is 9.89. The van der Waals surface area contributed by atoms with Crippen molar-refractivity contribution >= 4 is 23.5 Å². The smallest absolute Gasteiger partial charge is 0.261 e. The number of fused-ring (bicyclic) bond motifs is 1. The van der Waals surface area contributed by atoms with Gasteiger partial charge in [-0.05, 0) is 24.6 Å². The summed E-state index contributed by atoms with van der Waals surface area (Å²) in [6.07, 6.45) is 6.33. The number of aliphatic hydroxyl groups is 1. The number of allylic oxidation sites excluding steroid dienone is 3. The molecule has 0 saturated heterocycles. The molecule has 25 heavy (non-hydrogen) atoms. The van der Waals surface area contributed by atoms with Crippen LogP contribution in [0.3, 0.4) is 0 Å². The van der Waals surface area contributed by atoms with E-state index in [9.17, 15) is 14.7 Å². The Morgan fingerprint density at radius 2 is 1.92 bits per heavy atom. The van der Waals surface area contributed by atoms with Crippen molar-refractivity contribution < 1.29 is 14.7 Å². The summed E-state index contributed by atoms with van der Waals surface area (Å²) < 4.78 is 0. The van der Waals surface area contributed by atoms with Crippen molar-refractivity contribution in [2.45, 2.75) is 18.9 Å². The summed E-state index contributed by atoms with van der Waals surface area (Å²) in [7, 11) is 0. The van der Waals surface area contributed by atoms with Gasteiger partial charge in [-0.3, -0.25) is 9.59 Å². The summed E-state index contributed by atoms with van der Waals surface area (Å²) in [5, 5.41) is 13.4. The molecule has 3 rings (SSSR count). The van der Waals surface area contributed by atoms with Crippen molar-refractivity contribution in [1.29, 1.82) is 0 Å². The molecule has 0 fully saturated rings. The van der Waals surface area contributed by atoms with E-state index in [1.54, 1.807) is 24.3 Å². The van der Waals surface area contributed by atoms with Crippen LogP contribution in [0.15, 0.2) is 66.8 Å². The first-order chi connectivity index (χ1) is 12.0. The van der Waals surface area contributed by atoms with Crippen LogP contribution >= 0.6 is 0 Å². The van der Waals surface area contributed by atoms with E-state index in [0.717, 1.165) is 11.1 Å². The summed E-state index contributed by atoms with van der Waals surface area (Å²) in [5.74, 6) is -0.876. The maximum Gasteiger partial charge on any atom is 0.261 e. The minimum atomic E-state index is -1.81. The molecule has 0 radical (unpaired) electrons. The van der Waals surface area contributed by atoms with Crippen molar-refractivity contribution in [1.82, 2.24) is 0 Å². The Bertz CT molecular complexity index is 868. The number of nitrogens with one attached hydrogen (secondary N) is 1. The lowest BCUT2D eigenvalue weighted by Crippen LogP contribution is -2.36. The Balaban J connectivity index is 1.71. The molecule has 1 amide bonds. The molecule has 0 aromatic heterocycles. The second-order valence-electron chi connectivity index (χ2n) is 6.14. The molecule has 0 aliphatic carbocycles. The van der Waals surface area contributed by atoms with E-state index in [1.165, 1.54) is 6.08 Å². The van der Waals surface area contributed by atoms with E-state index >= 15 is 0 Å². The predicted octanol–water partition coefficient (Wildman–Crippen LogP) is 3.36. The highest BCUT2D eigenvalue weighted by Crippen LogP contribution is 2.39. The van der Waals surface area contributed by atoms with Crippen molar-refractivity contribution in [2.75, 3.05) is 5.32 Å². The number of hydrogen-bond acceptors (Lipinski definition) is 3. The first kappa shape index (κ1) is 16.9. The number of benzene rings is 2. The number of ketones is 1. The van der Waals surface area contributed by atoms with Crippen molar-refractivity contribution in [3.8, 4) is 0 Å². The van der Waals surface area contributed by atoms with E-state index in [0.29, 0.717) is 11.3 Å². The zero-order chi connectivity index (χ0) is 17.9. The van der Waals surface area contributed by atoms with E-state index in [1.807, 2.05) is 49.4 Å². The average molecular weight is 333 g/mol. The minimum Gasteiger partial charge on any atom is -0.375 e. The lowest BCUT2D eigenvalue weighted by Gasteiger charge is -2.19. The monoisotopic (exact) mass is 333 g/mol. The van der Waals surface area contributed by atoms with Crippen LogP contribution in [0.5, 0.6) is 0 Å². The largest absolute Gasteiger partial charge is 0.375 e. The number of aryl methyl sites for hydroxylation is 1. The summed E-state index contributed by atoms with van der Waals surface area (Å²) in [4.78, 5) is 24.4. The molecule has 0 saturated carbocycles. The van der Waals surface area contributed by atoms with Gasteiger partial charge in [0.05, 0.1) is 6.42 Å². The molecular formula is C21H19NO3. The first-order valence-electron chi connectivity index (χ1n) is 8.07. The molecule has 1 atom stereocenters. The van der Waals surface area contributed by atoms with Gasteiger partial charge in [-0.15, -0.1) is 0 Å². The van der Waals surface area contributed by atoms with Crippen molar-refractivity contribution in [3.63, 3.8) is 0 Å². The van der Waals surface area contributed by atoms with Gasteiger partial charge in [-0.25, -0.2) is 0 Å². The SMILES string of the molecule is Cc1ccc2c(c1)C(O)(CC(=O)/C=C/C=C/c1ccccc1)C(=O)N2. The first-order valence-corrected chi connectivity index (χ1v) is 8.07. The van der Waals surface area contributed by atoms with Gasteiger partial charge in [0.2, 0.25) is 0 Å². The Labute approximate surface area is 146 Å². The Hall–Kier alpha value is -2.98. The fraction of sp³-hybridized carbons (Fsp3) is 0.143. The van der Waals surface area contributed by atoms with E-state index in [2.05, 4.69) is 5.32 Å². The van der Waals surface area contributed by atoms with E-state index in [-0.39, 0.29) is 12.2 Å². The second kappa shape index (κ2) is 6.87. The molecule has 1 heterocycles. The minimum absolute atomic E-state index is 0.287. The van der Waals surface area contributed by atoms with Crippen LogP contribution in [0.4, 0.5) is 5.69 Å². The normalized spacial score (nSPS) is 19.4. The predicted molar refractivity (Wildman–Crippen MR) is 97.9 cm³/mol. The topological polar surface area (TPSA) is 66.4 Å². The summed E-state index contributed by atoms with van der Waals surface area (Å²) >= 11 is 0. The number of carbonyl (C=O) groups excluding carboxylic acids is 2. The molecule has 4 heteroatoms. The lowest BCUT2D eigenvalue weighted by molar-refractivity contribution is -0.138. The summed E-state index contributed by atoms with van der Waals surface area (Å²) in [5.41, 5.74) is 1.14. The number of rotatable bonds is 5. The fourth-order valence-corrected chi connectivity index (χ4v) is 2.84. The van der Waals surface area contributed by atoms with Crippen LogP contribution in [0.2, 0.25) is 0 Å². The number of anilines is 1. The molecule has 1 aliphatic rings. The van der Waals surface area contributed by atoms with Gasteiger partial charge in [-0.1, -0.05) is 66.3 Å². The van der Waals surface area contributed by atoms with Crippen LogP contribution in [-0.2, 0) is 15.2 Å². The average Bonchev–Trinajstić information content (AvgIpc) is 2.83. The summed E-state index contributed by atoms with van der Waals surface area (Å²) in [6, 6.07) is 15.0. The molecule has 1 aliphatic heterocycles. The van der Waals surface area contributed by atoms with Gasteiger partial charge >= 0.3 is 0 Å². The molecule has 4 nitrogen and oxygen atoms in total. The van der Waals surface area contributed by atoms with E-state index < -0.39 is 11.5 Å². The molecule has 0 bridgehead atoms. The summed E-state index contributed by atoms with van der Waals surface area (Å²) in [6.45, 7) is 1.87. The van der Waals surface area contributed by atoms with Gasteiger partial charge in [0.1, 0.15) is 0 Å². The molecule has 1 unspecified atom stereocenters. The zero-order valence-corrected chi connectivity index (χ0v) is 13.9. The van der Waals surface area contributed by atoms with Crippen LogP contribution < -0.4 is 5.32 Å². The third-order valence-electron chi connectivity index (χ3n) is 4.16. The Morgan fingerprint density at radius 1 is 1.16 bits per heavy atom. The number of amides is 1. The second-order valence-corrected chi connectivity index (χ2v) is 6.14. The molecular weight excluding hydrogens is 314 g/mol. The molecule has 126 valence electrons. The van der Waals surface area contributed by atoms with Gasteiger partial charge in [0, 0.05) is 11.3 Å². The highest BCUT2D eigenvalue weighted by Gasteiger charge is 2.46. The Morgan fingerprint density at radius 3 is 2.68 bits per heavy atom. The van der Waals surface area contributed by atoms with Crippen LogP contribution in [0.1, 0.15) is 23.1 Å². The van der Waals surface area contributed by atoms with Gasteiger partial charge in [-0.2, -0.15) is 0 Å². The van der Waals surface area contributed by atoms with Crippen LogP contribution in [-0.4, -0.2) is 16.8 Å². The maximum absolute atomic E-state index is 12.2. The molecule has 2 N–H and O–H groups in total. The Kier molecular flexibility index (Phi) is 4.63. The third-order valence-corrected chi connectivity index (χ3v) is 4.16. The fourth-order valence-electron chi connectivity index (χ4n) is 2.84. The third kappa shape index (κ3) is 3.59. The van der Waals surface area contributed by atoms with Crippen molar-refractivity contribution in [3.05, 3.63) is 83.4 Å². The van der Waals surface area contributed by atoms with Gasteiger partial charge in [0.25, 0.3) is 5.91 Å². The van der Waals surface area contributed by atoms with Crippen molar-refractivity contribution in [2.24, 2.45) is 0 Å². The van der Waals surface area contributed by atoms with E-state index in [4.69, 9.17) is 0 Å². The number of carbonyl (C=O) groups is 2. The van der Waals surface area contributed by atoms with Gasteiger partial charge < -0.3 is 10.4 Å².